The van der Waals surface area contributed by atoms with E-state index in [9.17, 15) is 0 Å². The predicted octanol–water partition coefficient (Wildman–Crippen LogP) is 1.08. The van der Waals surface area contributed by atoms with Gasteiger partial charge >= 0.3 is 0 Å². The average molecular weight is 229 g/mol. The molecule has 0 amide bonds. The van der Waals surface area contributed by atoms with Crippen LogP contribution in [0.5, 0.6) is 0 Å². The maximum atomic E-state index is 5.47. The van der Waals surface area contributed by atoms with Gasteiger partial charge in [0.25, 0.3) is 0 Å². The van der Waals surface area contributed by atoms with Crippen LogP contribution in [0.15, 0.2) is 0 Å². The summed E-state index contributed by atoms with van der Waals surface area (Å²) in [7, 11) is 2.20. The van der Waals surface area contributed by atoms with Gasteiger partial charge in [0.2, 0.25) is 0 Å². The lowest BCUT2D eigenvalue weighted by molar-refractivity contribution is 0.272. The molecule has 1 saturated heterocycles. The van der Waals surface area contributed by atoms with Crippen molar-refractivity contribution in [2.24, 2.45) is 5.73 Å². The van der Waals surface area contributed by atoms with E-state index in [0.717, 1.165) is 12.8 Å². The van der Waals surface area contributed by atoms with Crippen LogP contribution in [0.1, 0.15) is 25.7 Å². The zero-order chi connectivity index (χ0) is 11.1. The quantitative estimate of drug-likeness (QED) is 0.565. The van der Waals surface area contributed by atoms with Crippen molar-refractivity contribution in [3.05, 3.63) is 0 Å². The molecule has 0 spiro atoms. The molecule has 0 aromatic rings. The third kappa shape index (κ3) is 6.07. The first kappa shape index (κ1) is 12.9. The smallest absolute Gasteiger partial charge is 0.0727 e. The Bertz CT molecular complexity index is 196. The Morgan fingerprint density at radius 2 is 2.00 bits per heavy atom. The standard InChI is InChI=1S/C11H23N3S/c1-13-6-4-8-14(10-9-13)7-3-2-5-11(12)15/h2-10H2,1H3,(H2,12,15). The molecule has 0 radical (unpaired) electrons. The summed E-state index contributed by atoms with van der Waals surface area (Å²) in [6.07, 6.45) is 4.57. The van der Waals surface area contributed by atoms with Crippen LogP contribution in [0.25, 0.3) is 0 Å². The number of unbranched alkanes of at least 4 members (excludes halogenated alkanes) is 1. The van der Waals surface area contributed by atoms with E-state index in [-0.39, 0.29) is 0 Å². The molecule has 15 heavy (non-hydrogen) atoms. The topological polar surface area (TPSA) is 32.5 Å². The Hall–Kier alpha value is -0.190. The molecular weight excluding hydrogens is 206 g/mol. The highest BCUT2D eigenvalue weighted by molar-refractivity contribution is 7.80. The Balaban J connectivity index is 2.07. The van der Waals surface area contributed by atoms with Gasteiger partial charge in [-0.3, -0.25) is 0 Å². The molecule has 0 aromatic carbocycles. The summed E-state index contributed by atoms with van der Waals surface area (Å²) in [5, 5.41) is 0. The van der Waals surface area contributed by atoms with Crippen LogP contribution in [0.2, 0.25) is 0 Å². The number of thiocarbonyl (C=S) groups is 1. The summed E-state index contributed by atoms with van der Waals surface area (Å²) in [4.78, 5) is 5.63. The van der Waals surface area contributed by atoms with Gasteiger partial charge in [-0.2, -0.15) is 0 Å². The number of likely N-dealkylation sites (N-methyl/N-ethyl adjacent to an activating group) is 1. The molecule has 1 aliphatic heterocycles. The van der Waals surface area contributed by atoms with Crippen molar-refractivity contribution in [2.75, 3.05) is 39.8 Å². The second kappa shape index (κ2) is 7.14. The van der Waals surface area contributed by atoms with Crippen molar-refractivity contribution >= 4 is 17.2 Å². The lowest BCUT2D eigenvalue weighted by Gasteiger charge is -2.19. The van der Waals surface area contributed by atoms with Crippen LogP contribution in [0.3, 0.4) is 0 Å². The molecule has 1 heterocycles. The molecule has 0 atom stereocenters. The molecule has 4 heteroatoms. The normalized spacial score (nSPS) is 20.1. The summed E-state index contributed by atoms with van der Waals surface area (Å²) in [5.41, 5.74) is 5.47. The van der Waals surface area contributed by atoms with E-state index < -0.39 is 0 Å². The summed E-state index contributed by atoms with van der Waals surface area (Å²) < 4.78 is 0. The fourth-order valence-electron chi connectivity index (χ4n) is 1.96. The highest BCUT2D eigenvalue weighted by atomic mass is 32.1. The molecule has 2 N–H and O–H groups in total. The van der Waals surface area contributed by atoms with E-state index >= 15 is 0 Å². The Morgan fingerprint density at radius 3 is 2.73 bits per heavy atom. The number of nitrogens with two attached hydrogens (primary N) is 1. The summed E-state index contributed by atoms with van der Waals surface area (Å²) in [6.45, 7) is 6.11. The van der Waals surface area contributed by atoms with E-state index in [1.165, 1.54) is 45.6 Å². The van der Waals surface area contributed by atoms with Gasteiger partial charge in [0, 0.05) is 13.1 Å². The van der Waals surface area contributed by atoms with E-state index in [1.54, 1.807) is 0 Å². The molecular formula is C11H23N3S. The minimum atomic E-state index is 0.658. The first-order valence-electron chi connectivity index (χ1n) is 5.87. The van der Waals surface area contributed by atoms with Crippen LogP contribution < -0.4 is 5.73 Å². The maximum absolute atomic E-state index is 5.47. The third-order valence-corrected chi connectivity index (χ3v) is 3.16. The number of rotatable bonds is 5. The maximum Gasteiger partial charge on any atom is 0.0727 e. The zero-order valence-electron chi connectivity index (χ0n) is 9.74. The molecule has 88 valence electrons. The van der Waals surface area contributed by atoms with Gasteiger partial charge in [0.05, 0.1) is 4.99 Å². The fraction of sp³-hybridized carbons (Fsp3) is 0.909. The summed E-state index contributed by atoms with van der Waals surface area (Å²) in [5.74, 6) is 0. The van der Waals surface area contributed by atoms with Crippen molar-refractivity contribution in [3.63, 3.8) is 0 Å². The summed E-state index contributed by atoms with van der Waals surface area (Å²) in [6, 6.07) is 0. The molecule has 0 bridgehead atoms. The van der Waals surface area contributed by atoms with Crippen LogP contribution in [-0.2, 0) is 0 Å². The fourth-order valence-corrected chi connectivity index (χ4v) is 2.10. The average Bonchev–Trinajstić information content (AvgIpc) is 2.38. The molecule has 3 nitrogen and oxygen atoms in total. The molecule has 1 aliphatic rings. The Labute approximate surface area is 98.6 Å². The lowest BCUT2D eigenvalue weighted by Crippen LogP contribution is -2.29. The van der Waals surface area contributed by atoms with Crippen LogP contribution in [0, 0.1) is 0 Å². The van der Waals surface area contributed by atoms with E-state index in [2.05, 4.69) is 16.8 Å². The number of hydrogen-bond acceptors (Lipinski definition) is 3. The van der Waals surface area contributed by atoms with E-state index in [4.69, 9.17) is 18.0 Å². The molecule has 1 fully saturated rings. The Kier molecular flexibility index (Phi) is 6.13. The second-order valence-corrected chi connectivity index (χ2v) is 4.95. The largest absolute Gasteiger partial charge is 0.393 e. The minimum absolute atomic E-state index is 0.658. The Morgan fingerprint density at radius 1 is 1.20 bits per heavy atom. The SMILES string of the molecule is CN1CCCN(CCCCC(N)=S)CC1. The van der Waals surface area contributed by atoms with Crippen LogP contribution in [-0.4, -0.2) is 54.6 Å². The van der Waals surface area contributed by atoms with Gasteiger partial charge in [-0.05, 0) is 52.4 Å². The monoisotopic (exact) mass is 229 g/mol. The first-order chi connectivity index (χ1) is 7.18. The summed E-state index contributed by atoms with van der Waals surface area (Å²) >= 11 is 4.86. The van der Waals surface area contributed by atoms with Crippen molar-refractivity contribution in [3.8, 4) is 0 Å². The third-order valence-electron chi connectivity index (χ3n) is 2.96. The minimum Gasteiger partial charge on any atom is -0.393 e. The van der Waals surface area contributed by atoms with Crippen molar-refractivity contribution in [2.45, 2.75) is 25.7 Å². The molecule has 0 saturated carbocycles. The van der Waals surface area contributed by atoms with Crippen molar-refractivity contribution in [1.29, 1.82) is 0 Å². The second-order valence-electron chi connectivity index (χ2n) is 4.42. The van der Waals surface area contributed by atoms with Crippen LogP contribution in [0.4, 0.5) is 0 Å². The molecule has 1 rings (SSSR count). The first-order valence-corrected chi connectivity index (χ1v) is 6.28. The van der Waals surface area contributed by atoms with Gasteiger partial charge in [-0.15, -0.1) is 0 Å². The van der Waals surface area contributed by atoms with Gasteiger partial charge in [0.15, 0.2) is 0 Å². The van der Waals surface area contributed by atoms with Gasteiger partial charge in [0.1, 0.15) is 0 Å². The molecule has 0 aromatic heterocycles. The number of hydrogen-bond donors (Lipinski definition) is 1. The van der Waals surface area contributed by atoms with Gasteiger partial charge < -0.3 is 15.5 Å². The molecule has 0 unspecified atom stereocenters. The van der Waals surface area contributed by atoms with Gasteiger partial charge in [-0.25, -0.2) is 0 Å². The zero-order valence-corrected chi connectivity index (χ0v) is 10.6. The molecule has 0 aliphatic carbocycles. The highest BCUT2D eigenvalue weighted by Crippen LogP contribution is 2.04. The van der Waals surface area contributed by atoms with Crippen LogP contribution >= 0.6 is 12.2 Å². The van der Waals surface area contributed by atoms with E-state index in [0.29, 0.717) is 4.99 Å². The number of nitrogens with zero attached hydrogens (tertiary/aromatic N) is 2. The van der Waals surface area contributed by atoms with E-state index in [1.807, 2.05) is 0 Å². The predicted molar refractivity (Wildman–Crippen MR) is 69.2 cm³/mol. The van der Waals surface area contributed by atoms with Crippen molar-refractivity contribution < 1.29 is 0 Å². The van der Waals surface area contributed by atoms with Gasteiger partial charge in [-0.1, -0.05) is 12.2 Å². The van der Waals surface area contributed by atoms with Crippen molar-refractivity contribution in [1.82, 2.24) is 9.80 Å². The lowest BCUT2D eigenvalue weighted by atomic mass is 10.2. The highest BCUT2D eigenvalue weighted by Gasteiger charge is 2.10.